The second-order valence-corrected chi connectivity index (χ2v) is 4.56. The van der Waals surface area contributed by atoms with Crippen molar-refractivity contribution in [3.63, 3.8) is 0 Å². The fourth-order valence-corrected chi connectivity index (χ4v) is 2.44. The Morgan fingerprint density at radius 1 is 1.24 bits per heavy atom. The van der Waals surface area contributed by atoms with E-state index in [1.807, 2.05) is 18.2 Å². The van der Waals surface area contributed by atoms with Crippen LogP contribution in [0.5, 0.6) is 0 Å². The summed E-state index contributed by atoms with van der Waals surface area (Å²) in [5.41, 5.74) is 7.02. The molecule has 0 unspecified atom stereocenters. The first-order valence-corrected chi connectivity index (χ1v) is 6.05. The van der Waals surface area contributed by atoms with Gasteiger partial charge in [0.1, 0.15) is 12.1 Å². The highest BCUT2D eigenvalue weighted by Gasteiger charge is 2.19. The van der Waals surface area contributed by atoms with Crippen LogP contribution in [0.15, 0.2) is 30.6 Å². The summed E-state index contributed by atoms with van der Waals surface area (Å²) in [5.74, 6) is 1.02. The molecule has 17 heavy (non-hydrogen) atoms. The van der Waals surface area contributed by atoms with Gasteiger partial charge in [-0.15, -0.1) is 0 Å². The predicted molar refractivity (Wildman–Crippen MR) is 69.0 cm³/mol. The highest BCUT2D eigenvalue weighted by atomic mass is 15.2. The Balaban J connectivity index is 2.04. The minimum absolute atomic E-state index is 0.262. The summed E-state index contributed by atoms with van der Waals surface area (Å²) in [6.07, 6.45) is 3.89. The van der Waals surface area contributed by atoms with Gasteiger partial charge < -0.3 is 10.6 Å². The standard InChI is InChI=1S/C13H16N4/c14-10-4-3-7-17(8-10)13-11-5-1-2-6-12(11)15-9-16-13/h1-2,5-6,9-10H,3-4,7-8,14H2/t10-/m1/s1. The van der Waals surface area contributed by atoms with Crippen LogP contribution in [0, 0.1) is 0 Å². The van der Waals surface area contributed by atoms with Crippen molar-refractivity contribution in [3.05, 3.63) is 30.6 Å². The summed E-state index contributed by atoms with van der Waals surface area (Å²) in [5, 5.41) is 1.11. The molecule has 0 radical (unpaired) electrons. The van der Waals surface area contributed by atoms with E-state index in [2.05, 4.69) is 20.9 Å². The molecule has 0 spiro atoms. The first-order chi connectivity index (χ1) is 8.34. The Labute approximate surface area is 100 Å². The highest BCUT2D eigenvalue weighted by Crippen LogP contribution is 2.24. The van der Waals surface area contributed by atoms with E-state index in [1.54, 1.807) is 6.33 Å². The average molecular weight is 228 g/mol. The van der Waals surface area contributed by atoms with Crippen molar-refractivity contribution in [2.75, 3.05) is 18.0 Å². The number of fused-ring (bicyclic) bond motifs is 1. The Morgan fingerprint density at radius 2 is 2.12 bits per heavy atom. The van der Waals surface area contributed by atoms with Crippen molar-refractivity contribution in [1.29, 1.82) is 0 Å². The maximum atomic E-state index is 6.02. The van der Waals surface area contributed by atoms with Crippen LogP contribution in [0.3, 0.4) is 0 Å². The Kier molecular flexibility index (Phi) is 2.65. The number of benzene rings is 1. The quantitative estimate of drug-likeness (QED) is 0.804. The minimum Gasteiger partial charge on any atom is -0.354 e. The van der Waals surface area contributed by atoms with Crippen LogP contribution in [0.4, 0.5) is 5.82 Å². The third kappa shape index (κ3) is 1.96. The molecule has 0 bridgehead atoms. The lowest BCUT2D eigenvalue weighted by Crippen LogP contribution is -2.43. The zero-order valence-electron chi connectivity index (χ0n) is 9.71. The maximum Gasteiger partial charge on any atom is 0.139 e. The molecule has 0 aliphatic carbocycles. The summed E-state index contributed by atoms with van der Waals surface area (Å²) in [6.45, 7) is 1.93. The van der Waals surface area contributed by atoms with E-state index >= 15 is 0 Å². The van der Waals surface area contributed by atoms with E-state index in [-0.39, 0.29) is 6.04 Å². The van der Waals surface area contributed by atoms with Gasteiger partial charge in [0.25, 0.3) is 0 Å². The fourth-order valence-electron chi connectivity index (χ4n) is 2.44. The Hall–Kier alpha value is -1.68. The zero-order chi connectivity index (χ0) is 11.7. The number of aromatic nitrogens is 2. The van der Waals surface area contributed by atoms with Gasteiger partial charge in [-0.2, -0.15) is 0 Å². The number of rotatable bonds is 1. The van der Waals surface area contributed by atoms with Crippen molar-refractivity contribution in [1.82, 2.24) is 9.97 Å². The third-order valence-corrected chi connectivity index (χ3v) is 3.28. The van der Waals surface area contributed by atoms with Crippen molar-refractivity contribution < 1.29 is 0 Å². The molecule has 0 saturated carbocycles. The van der Waals surface area contributed by atoms with Crippen LogP contribution in [0.25, 0.3) is 10.9 Å². The molecule has 2 heterocycles. The van der Waals surface area contributed by atoms with Gasteiger partial charge in [0.05, 0.1) is 5.52 Å². The van der Waals surface area contributed by atoms with Gasteiger partial charge in [-0.25, -0.2) is 9.97 Å². The van der Waals surface area contributed by atoms with Gasteiger partial charge in [0.2, 0.25) is 0 Å². The highest BCUT2D eigenvalue weighted by molar-refractivity contribution is 5.89. The zero-order valence-corrected chi connectivity index (χ0v) is 9.71. The van der Waals surface area contributed by atoms with Crippen molar-refractivity contribution in [2.45, 2.75) is 18.9 Å². The lowest BCUT2D eigenvalue weighted by atomic mass is 10.1. The molecule has 4 heteroatoms. The molecule has 0 amide bonds. The van der Waals surface area contributed by atoms with Crippen LogP contribution in [0.2, 0.25) is 0 Å². The average Bonchev–Trinajstić information content (AvgIpc) is 2.38. The summed E-state index contributed by atoms with van der Waals surface area (Å²) < 4.78 is 0. The number of hydrogen-bond acceptors (Lipinski definition) is 4. The monoisotopic (exact) mass is 228 g/mol. The number of hydrogen-bond donors (Lipinski definition) is 1. The van der Waals surface area contributed by atoms with Gasteiger partial charge in [-0.05, 0) is 25.0 Å². The largest absolute Gasteiger partial charge is 0.354 e. The molecule has 1 aromatic heterocycles. The first-order valence-electron chi connectivity index (χ1n) is 6.05. The van der Waals surface area contributed by atoms with E-state index < -0.39 is 0 Å². The first kappa shape index (κ1) is 10.5. The molecule has 1 aliphatic heterocycles. The predicted octanol–water partition coefficient (Wildman–Crippen LogP) is 1.56. The van der Waals surface area contributed by atoms with E-state index in [0.717, 1.165) is 42.7 Å². The Bertz CT molecular complexity index is 520. The molecule has 4 nitrogen and oxygen atoms in total. The van der Waals surface area contributed by atoms with Crippen LogP contribution in [0.1, 0.15) is 12.8 Å². The van der Waals surface area contributed by atoms with E-state index in [1.165, 1.54) is 0 Å². The van der Waals surface area contributed by atoms with E-state index in [0.29, 0.717) is 0 Å². The van der Waals surface area contributed by atoms with Gasteiger partial charge in [-0.1, -0.05) is 12.1 Å². The second-order valence-electron chi connectivity index (χ2n) is 4.56. The van der Waals surface area contributed by atoms with Gasteiger partial charge >= 0.3 is 0 Å². The molecule has 1 fully saturated rings. The van der Waals surface area contributed by atoms with Crippen LogP contribution in [-0.4, -0.2) is 29.1 Å². The third-order valence-electron chi connectivity index (χ3n) is 3.28. The molecule has 3 rings (SSSR count). The van der Waals surface area contributed by atoms with Crippen molar-refractivity contribution in [3.8, 4) is 0 Å². The molecule has 1 aromatic carbocycles. The van der Waals surface area contributed by atoms with Crippen LogP contribution < -0.4 is 10.6 Å². The number of nitrogens with two attached hydrogens (primary N) is 1. The molecule has 1 aliphatic rings. The summed E-state index contributed by atoms with van der Waals surface area (Å²) in [7, 11) is 0. The molecular weight excluding hydrogens is 212 g/mol. The Morgan fingerprint density at radius 3 is 3.00 bits per heavy atom. The summed E-state index contributed by atoms with van der Waals surface area (Å²) in [4.78, 5) is 11.0. The summed E-state index contributed by atoms with van der Waals surface area (Å²) in [6, 6.07) is 8.38. The second kappa shape index (κ2) is 4.30. The fraction of sp³-hybridized carbons (Fsp3) is 0.385. The van der Waals surface area contributed by atoms with Crippen molar-refractivity contribution >= 4 is 16.7 Å². The van der Waals surface area contributed by atoms with Crippen molar-refractivity contribution in [2.24, 2.45) is 5.73 Å². The van der Waals surface area contributed by atoms with E-state index in [9.17, 15) is 0 Å². The molecular formula is C13H16N4. The van der Waals surface area contributed by atoms with Gasteiger partial charge in [0, 0.05) is 24.5 Å². The number of nitrogens with zero attached hydrogens (tertiary/aromatic N) is 3. The maximum absolute atomic E-state index is 6.02. The van der Waals surface area contributed by atoms with Gasteiger partial charge in [0.15, 0.2) is 0 Å². The SMILES string of the molecule is N[C@@H]1CCCN(c2ncnc3ccccc23)C1. The minimum atomic E-state index is 0.262. The molecule has 2 aromatic rings. The topological polar surface area (TPSA) is 55.0 Å². The summed E-state index contributed by atoms with van der Waals surface area (Å²) >= 11 is 0. The lowest BCUT2D eigenvalue weighted by Gasteiger charge is -2.32. The van der Waals surface area contributed by atoms with Crippen LogP contribution in [-0.2, 0) is 0 Å². The molecule has 1 saturated heterocycles. The smallest absolute Gasteiger partial charge is 0.139 e. The molecule has 88 valence electrons. The molecule has 1 atom stereocenters. The normalized spacial score (nSPS) is 20.8. The van der Waals surface area contributed by atoms with E-state index in [4.69, 9.17) is 5.73 Å². The number of anilines is 1. The van der Waals surface area contributed by atoms with Crippen LogP contribution >= 0.6 is 0 Å². The number of para-hydroxylation sites is 1. The lowest BCUT2D eigenvalue weighted by molar-refractivity contribution is 0.504. The molecule has 2 N–H and O–H groups in total. The van der Waals surface area contributed by atoms with Gasteiger partial charge in [-0.3, -0.25) is 0 Å². The number of piperidine rings is 1.